The van der Waals surface area contributed by atoms with E-state index >= 15 is 0 Å². The Hall–Kier alpha value is -7.21. The topological polar surface area (TPSA) is 43.6 Å². The smallest absolute Gasteiger partial charge is 0.164 e. The molecule has 57 heavy (non-hydrogen) atoms. The molecule has 0 N–H and O–H groups in total. The van der Waals surface area contributed by atoms with Gasteiger partial charge in [-0.25, -0.2) is 15.0 Å². The van der Waals surface area contributed by atoms with Gasteiger partial charge in [0, 0.05) is 53.2 Å². The van der Waals surface area contributed by atoms with E-state index < -0.39 is 0 Å². The fourth-order valence-electron chi connectivity index (χ4n) is 8.21. The predicted molar refractivity (Wildman–Crippen MR) is 239 cm³/mol. The number of benzene rings is 8. The summed E-state index contributed by atoms with van der Waals surface area (Å²) in [7, 11) is 0. The molecular weight excluding hydrogens is 713 g/mol. The van der Waals surface area contributed by atoms with Crippen molar-refractivity contribution in [3.63, 3.8) is 0 Å². The van der Waals surface area contributed by atoms with Gasteiger partial charge in [0.1, 0.15) is 0 Å². The summed E-state index contributed by atoms with van der Waals surface area (Å²) in [5.74, 6) is 1.88. The second-order valence-electron chi connectivity index (χ2n) is 14.5. The van der Waals surface area contributed by atoms with Gasteiger partial charge in [-0.2, -0.15) is 0 Å². The van der Waals surface area contributed by atoms with Crippen LogP contribution in [0.3, 0.4) is 0 Å². The van der Waals surface area contributed by atoms with Crippen LogP contribution < -0.4 is 0 Å². The lowest BCUT2D eigenvalue weighted by Crippen LogP contribution is -2.02. The Morgan fingerprint density at radius 2 is 0.982 bits per heavy atom. The van der Waals surface area contributed by atoms with Gasteiger partial charge in [-0.15, -0.1) is 11.3 Å². The summed E-state index contributed by atoms with van der Waals surface area (Å²) in [5.41, 5.74) is 12.0. The molecule has 0 atom stereocenters. The number of thiophene rings is 1. The lowest BCUT2D eigenvalue weighted by molar-refractivity contribution is 1.07. The lowest BCUT2D eigenvalue weighted by Gasteiger charge is -2.16. The number of para-hydroxylation sites is 1. The lowest BCUT2D eigenvalue weighted by atomic mass is 10.00. The molecule has 0 aliphatic heterocycles. The fourth-order valence-corrected chi connectivity index (χ4v) is 9.45. The van der Waals surface area contributed by atoms with Crippen LogP contribution in [0.25, 0.3) is 104 Å². The maximum atomic E-state index is 5.27. The maximum absolute atomic E-state index is 5.27. The van der Waals surface area contributed by atoms with Gasteiger partial charge in [-0.05, 0) is 59.5 Å². The standard InChI is InChI=1S/C52H34N4S/c1-33-26-28-42-41-20-8-10-24-45(41)56(46(42)30-33)47-32-38(27-29-39(47)34-14-4-2-5-15-34)52-54-50(35-16-6-3-7-17-35)53-51(55-52)37-19-12-18-36(31-37)40-22-13-23-44-43-21-9-11-25-48(43)57-49(40)44/h2-32H,1H3. The molecule has 268 valence electrons. The average Bonchev–Trinajstić information content (AvgIpc) is 3.82. The zero-order chi connectivity index (χ0) is 37.9. The van der Waals surface area contributed by atoms with Crippen LogP contribution in [0.5, 0.6) is 0 Å². The van der Waals surface area contributed by atoms with Crippen LogP contribution in [0.1, 0.15) is 5.56 Å². The van der Waals surface area contributed by atoms with Gasteiger partial charge in [0.2, 0.25) is 0 Å². The Morgan fingerprint density at radius 1 is 0.386 bits per heavy atom. The molecule has 0 saturated heterocycles. The second-order valence-corrected chi connectivity index (χ2v) is 15.6. The SMILES string of the molecule is Cc1ccc2c3ccccc3n(-c3cc(-c4nc(-c5ccccc5)nc(-c5cccc(-c6cccc7c6sc6ccccc67)c5)n4)ccc3-c3ccccc3)c2c1. The third-order valence-electron chi connectivity index (χ3n) is 10.9. The third kappa shape index (κ3) is 5.71. The largest absolute Gasteiger partial charge is 0.309 e. The van der Waals surface area contributed by atoms with E-state index in [2.05, 4.69) is 181 Å². The van der Waals surface area contributed by atoms with Gasteiger partial charge in [0.05, 0.1) is 16.7 Å². The zero-order valence-electron chi connectivity index (χ0n) is 31.1. The number of nitrogens with zero attached hydrogens (tertiary/aromatic N) is 4. The van der Waals surface area contributed by atoms with Crippen LogP contribution >= 0.6 is 11.3 Å². The van der Waals surface area contributed by atoms with Crippen molar-refractivity contribution in [2.75, 3.05) is 0 Å². The van der Waals surface area contributed by atoms with Gasteiger partial charge < -0.3 is 4.57 Å². The molecule has 0 unspecified atom stereocenters. The molecule has 4 nitrogen and oxygen atoms in total. The van der Waals surface area contributed by atoms with E-state index in [1.807, 2.05) is 29.5 Å². The maximum Gasteiger partial charge on any atom is 0.164 e. The summed E-state index contributed by atoms with van der Waals surface area (Å²) in [6.45, 7) is 2.16. The highest BCUT2D eigenvalue weighted by atomic mass is 32.1. The quantitative estimate of drug-likeness (QED) is 0.170. The summed E-state index contributed by atoms with van der Waals surface area (Å²) in [6, 6.07) is 66.7. The van der Waals surface area contributed by atoms with E-state index in [-0.39, 0.29) is 0 Å². The molecular formula is C52H34N4S. The van der Waals surface area contributed by atoms with Crippen molar-refractivity contribution in [1.82, 2.24) is 19.5 Å². The monoisotopic (exact) mass is 746 g/mol. The van der Waals surface area contributed by atoms with Crippen LogP contribution in [0.15, 0.2) is 188 Å². The van der Waals surface area contributed by atoms with Crippen LogP contribution in [-0.2, 0) is 0 Å². The molecule has 0 fully saturated rings. The van der Waals surface area contributed by atoms with Crippen LogP contribution in [-0.4, -0.2) is 19.5 Å². The van der Waals surface area contributed by atoms with E-state index in [4.69, 9.17) is 15.0 Å². The van der Waals surface area contributed by atoms with Crippen LogP contribution in [0.2, 0.25) is 0 Å². The first-order chi connectivity index (χ1) is 28.2. The molecule has 5 heteroatoms. The van der Waals surface area contributed by atoms with E-state index in [1.54, 1.807) is 0 Å². The number of hydrogen-bond acceptors (Lipinski definition) is 4. The normalized spacial score (nSPS) is 11.6. The minimum atomic E-state index is 0.619. The third-order valence-corrected chi connectivity index (χ3v) is 12.1. The first kappa shape index (κ1) is 33.2. The van der Waals surface area contributed by atoms with Crippen molar-refractivity contribution < 1.29 is 0 Å². The Labute approximate surface area is 334 Å². The van der Waals surface area contributed by atoms with Crippen molar-refractivity contribution in [3.8, 4) is 62.1 Å². The number of hydrogen-bond donors (Lipinski definition) is 0. The van der Waals surface area contributed by atoms with Gasteiger partial charge in [0.15, 0.2) is 17.5 Å². The molecule has 0 amide bonds. The van der Waals surface area contributed by atoms with Crippen LogP contribution in [0.4, 0.5) is 0 Å². The Bertz CT molecular complexity index is 3310. The summed E-state index contributed by atoms with van der Waals surface area (Å²) in [6.07, 6.45) is 0. The van der Waals surface area contributed by atoms with E-state index in [0.717, 1.165) is 50.1 Å². The first-order valence-corrected chi connectivity index (χ1v) is 20.0. The Balaban J connectivity index is 1.12. The van der Waals surface area contributed by atoms with Crippen molar-refractivity contribution in [3.05, 3.63) is 194 Å². The van der Waals surface area contributed by atoms with Crippen molar-refractivity contribution in [1.29, 1.82) is 0 Å². The molecule has 11 aromatic rings. The highest BCUT2D eigenvalue weighted by molar-refractivity contribution is 7.26. The molecule has 11 rings (SSSR count). The number of aromatic nitrogens is 4. The molecule has 0 saturated carbocycles. The highest BCUT2D eigenvalue weighted by Gasteiger charge is 2.20. The number of aryl methyl sites for hydroxylation is 1. The van der Waals surface area contributed by atoms with E-state index in [0.29, 0.717) is 17.5 Å². The molecule has 0 bridgehead atoms. The Kier molecular flexibility index (Phi) is 7.86. The summed E-state index contributed by atoms with van der Waals surface area (Å²) in [4.78, 5) is 15.6. The molecule has 8 aromatic carbocycles. The molecule has 0 spiro atoms. The van der Waals surface area contributed by atoms with Crippen molar-refractivity contribution in [2.45, 2.75) is 6.92 Å². The Morgan fingerprint density at radius 3 is 1.79 bits per heavy atom. The van der Waals surface area contributed by atoms with Gasteiger partial charge in [0.25, 0.3) is 0 Å². The van der Waals surface area contributed by atoms with Gasteiger partial charge >= 0.3 is 0 Å². The minimum Gasteiger partial charge on any atom is -0.309 e. The zero-order valence-corrected chi connectivity index (χ0v) is 31.9. The van der Waals surface area contributed by atoms with E-state index in [9.17, 15) is 0 Å². The van der Waals surface area contributed by atoms with E-state index in [1.165, 1.54) is 42.1 Å². The first-order valence-electron chi connectivity index (χ1n) is 19.2. The van der Waals surface area contributed by atoms with Crippen LogP contribution in [0, 0.1) is 6.92 Å². The molecule has 0 aliphatic rings. The minimum absolute atomic E-state index is 0.619. The van der Waals surface area contributed by atoms with Crippen molar-refractivity contribution in [2.24, 2.45) is 0 Å². The predicted octanol–water partition coefficient (Wildman–Crippen LogP) is 14.0. The average molecular weight is 747 g/mol. The second kappa shape index (κ2) is 13.5. The van der Waals surface area contributed by atoms with Crippen molar-refractivity contribution >= 4 is 53.3 Å². The molecule has 0 aliphatic carbocycles. The summed E-state index contributed by atoms with van der Waals surface area (Å²) < 4.78 is 4.98. The molecule has 0 radical (unpaired) electrons. The summed E-state index contributed by atoms with van der Waals surface area (Å²) in [5, 5.41) is 5.01. The summed E-state index contributed by atoms with van der Waals surface area (Å²) >= 11 is 1.84. The number of fused-ring (bicyclic) bond motifs is 6. The fraction of sp³-hybridized carbons (Fsp3) is 0.0192. The van der Waals surface area contributed by atoms with Gasteiger partial charge in [-0.1, -0.05) is 158 Å². The number of rotatable bonds is 6. The molecule has 3 heterocycles. The molecule has 3 aromatic heterocycles. The van der Waals surface area contributed by atoms with Gasteiger partial charge in [-0.3, -0.25) is 0 Å². The highest BCUT2D eigenvalue weighted by Crippen LogP contribution is 2.41.